The normalized spacial score (nSPS) is 15.4. The molecule has 1 aromatic heterocycles. The Morgan fingerprint density at radius 1 is 0.931 bits per heavy atom. The molecule has 0 amide bonds. The number of benzene rings is 2. The smallest absolute Gasteiger partial charge is 0.261 e. The Kier molecular flexibility index (Phi) is 5.87. The number of hydrogen-bond acceptors (Lipinski definition) is 5. The van der Waals surface area contributed by atoms with E-state index in [0.717, 1.165) is 43.9 Å². The lowest BCUT2D eigenvalue weighted by Crippen LogP contribution is -2.42. The number of hydrogen-bond donors (Lipinski definition) is 2. The summed E-state index contributed by atoms with van der Waals surface area (Å²) in [6.07, 6.45) is 3.81. The van der Waals surface area contributed by atoms with Crippen molar-refractivity contribution in [1.82, 2.24) is 5.32 Å². The van der Waals surface area contributed by atoms with Gasteiger partial charge in [0.1, 0.15) is 5.76 Å². The van der Waals surface area contributed by atoms with Crippen LogP contribution in [0.5, 0.6) is 0 Å². The Bertz CT molecular complexity index is 995. The van der Waals surface area contributed by atoms with Crippen LogP contribution in [-0.2, 0) is 16.6 Å². The van der Waals surface area contributed by atoms with Crippen molar-refractivity contribution in [3.05, 3.63) is 78.8 Å². The SMILES string of the molecule is O=S(=O)(Nc1ccc(N2CCC(NCc3ccco3)CC2)cc1)c1ccccc1. The Morgan fingerprint density at radius 2 is 1.66 bits per heavy atom. The van der Waals surface area contributed by atoms with Gasteiger partial charge in [0.05, 0.1) is 17.7 Å². The van der Waals surface area contributed by atoms with E-state index in [2.05, 4.69) is 14.9 Å². The van der Waals surface area contributed by atoms with Crippen molar-refractivity contribution in [2.45, 2.75) is 30.3 Å². The van der Waals surface area contributed by atoms with Crippen molar-refractivity contribution in [3.63, 3.8) is 0 Å². The van der Waals surface area contributed by atoms with Crippen LogP contribution in [0.1, 0.15) is 18.6 Å². The van der Waals surface area contributed by atoms with Crippen LogP contribution in [0.25, 0.3) is 0 Å². The number of nitrogens with zero attached hydrogens (tertiary/aromatic N) is 1. The molecule has 29 heavy (non-hydrogen) atoms. The van der Waals surface area contributed by atoms with Gasteiger partial charge in [0.25, 0.3) is 10.0 Å². The van der Waals surface area contributed by atoms with Gasteiger partial charge in [-0.05, 0) is 61.4 Å². The second-order valence-corrected chi connectivity index (χ2v) is 8.87. The number of nitrogens with one attached hydrogen (secondary N) is 2. The minimum atomic E-state index is -3.56. The van der Waals surface area contributed by atoms with Crippen molar-refractivity contribution in [2.75, 3.05) is 22.7 Å². The lowest BCUT2D eigenvalue weighted by atomic mass is 10.0. The van der Waals surface area contributed by atoms with Crippen molar-refractivity contribution in [1.29, 1.82) is 0 Å². The fourth-order valence-corrected chi connectivity index (χ4v) is 4.63. The van der Waals surface area contributed by atoms with E-state index in [4.69, 9.17) is 4.42 Å². The minimum Gasteiger partial charge on any atom is -0.468 e. The summed E-state index contributed by atoms with van der Waals surface area (Å²) in [6.45, 7) is 2.68. The first-order valence-corrected chi connectivity index (χ1v) is 11.3. The van der Waals surface area contributed by atoms with Crippen LogP contribution in [0.2, 0.25) is 0 Å². The maximum Gasteiger partial charge on any atom is 0.261 e. The third-order valence-corrected chi connectivity index (χ3v) is 6.58. The maximum absolute atomic E-state index is 12.4. The van der Waals surface area contributed by atoms with Crippen molar-refractivity contribution in [3.8, 4) is 0 Å². The summed E-state index contributed by atoms with van der Waals surface area (Å²) in [5.74, 6) is 0.959. The van der Waals surface area contributed by atoms with Gasteiger partial charge in [0.15, 0.2) is 0 Å². The van der Waals surface area contributed by atoms with Gasteiger partial charge in [-0.3, -0.25) is 4.72 Å². The molecular formula is C22H25N3O3S. The lowest BCUT2D eigenvalue weighted by molar-refractivity contribution is 0.389. The first-order valence-electron chi connectivity index (χ1n) is 9.79. The van der Waals surface area contributed by atoms with Crippen LogP contribution >= 0.6 is 0 Å². The summed E-state index contributed by atoms with van der Waals surface area (Å²) in [5.41, 5.74) is 1.67. The van der Waals surface area contributed by atoms with E-state index in [1.807, 2.05) is 36.4 Å². The zero-order valence-electron chi connectivity index (χ0n) is 16.1. The zero-order chi connectivity index (χ0) is 20.1. The number of furan rings is 1. The average molecular weight is 412 g/mol. The van der Waals surface area contributed by atoms with E-state index in [-0.39, 0.29) is 4.90 Å². The molecule has 1 saturated heterocycles. The molecular weight excluding hydrogens is 386 g/mol. The number of anilines is 2. The third-order valence-electron chi connectivity index (χ3n) is 5.18. The molecule has 2 N–H and O–H groups in total. The van der Waals surface area contributed by atoms with Crippen molar-refractivity contribution in [2.24, 2.45) is 0 Å². The molecule has 1 aliphatic heterocycles. The number of rotatable bonds is 7. The Hall–Kier alpha value is -2.77. The maximum atomic E-state index is 12.4. The fourth-order valence-electron chi connectivity index (χ4n) is 3.55. The number of sulfonamides is 1. The average Bonchev–Trinajstić information content (AvgIpc) is 3.27. The molecule has 0 aliphatic carbocycles. The molecule has 0 bridgehead atoms. The van der Waals surface area contributed by atoms with E-state index in [1.54, 1.807) is 36.6 Å². The van der Waals surface area contributed by atoms with E-state index < -0.39 is 10.0 Å². The molecule has 7 heteroatoms. The minimum absolute atomic E-state index is 0.258. The van der Waals surface area contributed by atoms with Gasteiger partial charge in [-0.15, -0.1) is 0 Å². The molecule has 152 valence electrons. The molecule has 0 atom stereocenters. The highest BCUT2D eigenvalue weighted by atomic mass is 32.2. The fraction of sp³-hybridized carbons (Fsp3) is 0.273. The van der Waals surface area contributed by atoms with Gasteiger partial charge >= 0.3 is 0 Å². The highest BCUT2D eigenvalue weighted by Gasteiger charge is 2.19. The molecule has 0 saturated carbocycles. The summed E-state index contributed by atoms with van der Waals surface area (Å²) in [7, 11) is -3.56. The predicted octanol–water partition coefficient (Wildman–Crippen LogP) is 3.84. The Morgan fingerprint density at radius 3 is 2.31 bits per heavy atom. The molecule has 4 rings (SSSR count). The molecule has 0 spiro atoms. The summed E-state index contributed by atoms with van der Waals surface area (Å²) in [4.78, 5) is 2.59. The Balaban J connectivity index is 1.31. The van der Waals surface area contributed by atoms with Gasteiger partial charge in [-0.2, -0.15) is 0 Å². The first kappa shape index (κ1) is 19.5. The van der Waals surface area contributed by atoms with Crippen LogP contribution < -0.4 is 14.9 Å². The van der Waals surface area contributed by atoms with Crippen LogP contribution in [0.15, 0.2) is 82.3 Å². The predicted molar refractivity (Wildman–Crippen MR) is 114 cm³/mol. The van der Waals surface area contributed by atoms with Crippen molar-refractivity contribution >= 4 is 21.4 Å². The molecule has 2 heterocycles. The van der Waals surface area contributed by atoms with Gasteiger partial charge in [-0.25, -0.2) is 8.42 Å². The van der Waals surface area contributed by atoms with Gasteiger partial charge < -0.3 is 14.6 Å². The van der Waals surface area contributed by atoms with Gasteiger partial charge in [-0.1, -0.05) is 18.2 Å². The second kappa shape index (κ2) is 8.71. The first-order chi connectivity index (χ1) is 14.1. The summed E-state index contributed by atoms with van der Waals surface area (Å²) in [6, 6.07) is 20.3. The molecule has 0 radical (unpaired) electrons. The van der Waals surface area contributed by atoms with Crippen LogP contribution in [-0.4, -0.2) is 27.5 Å². The van der Waals surface area contributed by atoms with Crippen molar-refractivity contribution < 1.29 is 12.8 Å². The van der Waals surface area contributed by atoms with E-state index in [1.165, 1.54) is 0 Å². The molecule has 0 unspecified atom stereocenters. The number of piperidine rings is 1. The topological polar surface area (TPSA) is 74.6 Å². The van der Waals surface area contributed by atoms with Crippen LogP contribution in [0.4, 0.5) is 11.4 Å². The molecule has 6 nitrogen and oxygen atoms in total. The largest absolute Gasteiger partial charge is 0.468 e. The molecule has 1 aliphatic rings. The molecule has 3 aromatic rings. The quantitative estimate of drug-likeness (QED) is 0.618. The molecule has 2 aromatic carbocycles. The lowest BCUT2D eigenvalue weighted by Gasteiger charge is -2.34. The third kappa shape index (κ3) is 4.99. The van der Waals surface area contributed by atoms with E-state index in [9.17, 15) is 8.42 Å². The summed E-state index contributed by atoms with van der Waals surface area (Å²) >= 11 is 0. The second-order valence-electron chi connectivity index (χ2n) is 7.19. The van der Waals surface area contributed by atoms with E-state index >= 15 is 0 Å². The van der Waals surface area contributed by atoms with Gasteiger partial charge in [0.2, 0.25) is 0 Å². The standard InChI is InChI=1S/C22H25N3O3S/c26-29(27,22-6-2-1-3-7-22)24-19-8-10-20(11-9-19)25-14-12-18(13-15-25)23-17-21-5-4-16-28-21/h1-11,16,18,23-24H,12-15,17H2. The molecule has 1 fully saturated rings. The highest BCUT2D eigenvalue weighted by molar-refractivity contribution is 7.92. The Labute approximate surface area is 171 Å². The van der Waals surface area contributed by atoms with Crippen LogP contribution in [0.3, 0.4) is 0 Å². The zero-order valence-corrected chi connectivity index (χ0v) is 16.9. The monoisotopic (exact) mass is 411 g/mol. The van der Waals surface area contributed by atoms with Crippen LogP contribution in [0, 0.1) is 0 Å². The van der Waals surface area contributed by atoms with Gasteiger partial charge in [0, 0.05) is 30.5 Å². The summed E-state index contributed by atoms with van der Waals surface area (Å²) in [5, 5.41) is 3.55. The van der Waals surface area contributed by atoms with E-state index in [0.29, 0.717) is 11.7 Å². The highest BCUT2D eigenvalue weighted by Crippen LogP contribution is 2.23. The summed E-state index contributed by atoms with van der Waals surface area (Å²) < 4.78 is 32.9.